The number of aryl methyl sites for hydroxylation is 1. The maximum Gasteiger partial charge on any atom is 0.305 e. The van der Waals surface area contributed by atoms with Crippen molar-refractivity contribution in [3.8, 4) is 0 Å². The molecule has 0 aromatic carbocycles. The number of carbonyl (C=O) groups is 1. The summed E-state index contributed by atoms with van der Waals surface area (Å²) in [6, 6.07) is 0. The Balaban J connectivity index is 2.38. The number of esters is 1. The van der Waals surface area contributed by atoms with Crippen LogP contribution < -0.4 is 0 Å². The van der Waals surface area contributed by atoms with Crippen molar-refractivity contribution in [2.75, 3.05) is 7.11 Å². The van der Waals surface area contributed by atoms with E-state index >= 15 is 0 Å². The van der Waals surface area contributed by atoms with E-state index in [4.69, 9.17) is 0 Å². The van der Waals surface area contributed by atoms with Gasteiger partial charge in [-0.15, -0.1) is 11.3 Å². The highest BCUT2D eigenvalue weighted by molar-refractivity contribution is 9.11. The van der Waals surface area contributed by atoms with Crippen molar-refractivity contribution in [2.45, 2.75) is 12.8 Å². The van der Waals surface area contributed by atoms with Gasteiger partial charge in [-0.25, -0.2) is 4.98 Å². The van der Waals surface area contributed by atoms with Crippen molar-refractivity contribution < 1.29 is 9.53 Å². The molecule has 0 fully saturated rings. The second-order valence-electron chi connectivity index (χ2n) is 2.16. The summed E-state index contributed by atoms with van der Waals surface area (Å²) < 4.78 is 5.36. The van der Waals surface area contributed by atoms with Crippen LogP contribution >= 0.6 is 27.3 Å². The minimum atomic E-state index is -0.181. The van der Waals surface area contributed by atoms with Crippen molar-refractivity contribution in [3.05, 3.63) is 15.0 Å². The number of thiazole rings is 1. The number of ether oxygens (including phenoxy) is 1. The number of hydrogen-bond donors (Lipinski definition) is 0. The van der Waals surface area contributed by atoms with Gasteiger partial charge in [-0.1, -0.05) is 0 Å². The molecule has 0 saturated carbocycles. The normalized spacial score (nSPS) is 9.83. The summed E-state index contributed by atoms with van der Waals surface area (Å²) in [6.07, 6.45) is 2.89. The first-order chi connectivity index (χ1) is 5.72. The average Bonchev–Trinajstić information content (AvgIpc) is 2.47. The molecule has 0 radical (unpaired) electrons. The smallest absolute Gasteiger partial charge is 0.305 e. The molecule has 1 heterocycles. The molecule has 0 amide bonds. The summed E-state index contributed by atoms with van der Waals surface area (Å²) in [6.45, 7) is 0. The quantitative estimate of drug-likeness (QED) is 0.770. The summed E-state index contributed by atoms with van der Waals surface area (Å²) in [5.41, 5.74) is 0. The second kappa shape index (κ2) is 4.57. The van der Waals surface area contributed by atoms with E-state index in [1.165, 1.54) is 18.4 Å². The Morgan fingerprint density at radius 1 is 1.83 bits per heavy atom. The Bertz CT molecular complexity index is 274. The highest BCUT2D eigenvalue weighted by Gasteiger charge is 2.03. The minimum absolute atomic E-state index is 0.181. The maximum atomic E-state index is 10.7. The molecule has 3 nitrogen and oxygen atoms in total. The number of hydrogen-bond acceptors (Lipinski definition) is 4. The second-order valence-corrected chi connectivity index (χ2v) is 4.55. The first-order valence-electron chi connectivity index (χ1n) is 3.39. The van der Waals surface area contributed by atoms with E-state index < -0.39 is 0 Å². The Labute approximate surface area is 82.9 Å². The van der Waals surface area contributed by atoms with E-state index in [-0.39, 0.29) is 5.97 Å². The fourth-order valence-electron chi connectivity index (χ4n) is 0.727. The Morgan fingerprint density at radius 3 is 3.08 bits per heavy atom. The van der Waals surface area contributed by atoms with Crippen LogP contribution in [0.2, 0.25) is 0 Å². The molecule has 5 heteroatoms. The summed E-state index contributed by atoms with van der Waals surface area (Å²) in [5, 5.41) is 0. The van der Waals surface area contributed by atoms with Gasteiger partial charge in [0.25, 0.3) is 0 Å². The maximum absolute atomic E-state index is 10.7. The van der Waals surface area contributed by atoms with Crippen molar-refractivity contribution in [1.82, 2.24) is 4.98 Å². The van der Waals surface area contributed by atoms with Crippen molar-refractivity contribution in [1.29, 1.82) is 0 Å². The van der Waals surface area contributed by atoms with Gasteiger partial charge >= 0.3 is 5.97 Å². The summed E-state index contributed by atoms with van der Waals surface area (Å²) in [7, 11) is 1.39. The molecule has 0 aliphatic heterocycles. The zero-order valence-electron chi connectivity index (χ0n) is 6.54. The lowest BCUT2D eigenvalue weighted by molar-refractivity contribution is -0.140. The lowest BCUT2D eigenvalue weighted by Gasteiger charge is -1.94. The zero-order valence-corrected chi connectivity index (χ0v) is 8.94. The lowest BCUT2D eigenvalue weighted by Crippen LogP contribution is -2.00. The van der Waals surface area contributed by atoms with Crippen LogP contribution in [0.25, 0.3) is 0 Å². The summed E-state index contributed by atoms with van der Waals surface area (Å²) in [5.74, 6) is -0.181. The van der Waals surface area contributed by atoms with E-state index in [1.54, 1.807) is 6.20 Å². The number of halogens is 1. The average molecular weight is 250 g/mol. The number of carbonyl (C=O) groups excluding carboxylic acids is 1. The standard InChI is InChI=1S/C7H8BrNO2S/c1-11-6(10)3-2-5-4-9-7(8)12-5/h4H,2-3H2,1H3. The van der Waals surface area contributed by atoms with Gasteiger partial charge in [0.15, 0.2) is 3.92 Å². The van der Waals surface area contributed by atoms with Crippen LogP contribution in [-0.2, 0) is 16.0 Å². The third-order valence-electron chi connectivity index (χ3n) is 1.33. The molecule has 1 rings (SSSR count). The minimum Gasteiger partial charge on any atom is -0.469 e. The summed E-state index contributed by atoms with van der Waals surface area (Å²) in [4.78, 5) is 15.8. The van der Waals surface area contributed by atoms with Crippen LogP contribution in [-0.4, -0.2) is 18.1 Å². The zero-order chi connectivity index (χ0) is 8.97. The van der Waals surface area contributed by atoms with Gasteiger partial charge in [-0.05, 0) is 22.4 Å². The van der Waals surface area contributed by atoms with Crippen molar-refractivity contribution in [3.63, 3.8) is 0 Å². The van der Waals surface area contributed by atoms with Gasteiger partial charge in [-0.2, -0.15) is 0 Å². The van der Waals surface area contributed by atoms with Crippen LogP contribution in [0, 0.1) is 0 Å². The van der Waals surface area contributed by atoms with Crippen molar-refractivity contribution in [2.24, 2.45) is 0 Å². The van der Waals surface area contributed by atoms with E-state index in [0.29, 0.717) is 12.8 Å². The third-order valence-corrected chi connectivity index (χ3v) is 2.86. The highest BCUT2D eigenvalue weighted by atomic mass is 79.9. The molecule has 1 aromatic heterocycles. The predicted octanol–water partition coefficient (Wildman–Crippen LogP) is 2.01. The summed E-state index contributed by atoms with van der Waals surface area (Å²) >= 11 is 4.79. The van der Waals surface area contributed by atoms with Gasteiger partial charge in [0.05, 0.1) is 13.5 Å². The van der Waals surface area contributed by atoms with Crippen LogP contribution in [0.5, 0.6) is 0 Å². The molecule has 0 N–H and O–H groups in total. The monoisotopic (exact) mass is 249 g/mol. The van der Waals surface area contributed by atoms with Gasteiger partial charge in [0.1, 0.15) is 0 Å². The van der Waals surface area contributed by atoms with Gasteiger partial charge in [0, 0.05) is 11.1 Å². The van der Waals surface area contributed by atoms with Crippen molar-refractivity contribution >= 4 is 33.2 Å². The molecule has 12 heavy (non-hydrogen) atoms. The molecule has 0 aliphatic carbocycles. The van der Waals surface area contributed by atoms with Crippen LogP contribution in [0.1, 0.15) is 11.3 Å². The molecule has 0 unspecified atom stereocenters. The molecular weight excluding hydrogens is 242 g/mol. The Kier molecular flexibility index (Phi) is 3.68. The molecule has 0 bridgehead atoms. The lowest BCUT2D eigenvalue weighted by atomic mass is 10.3. The Hall–Kier alpha value is -0.420. The largest absolute Gasteiger partial charge is 0.469 e. The highest BCUT2D eigenvalue weighted by Crippen LogP contribution is 2.19. The topological polar surface area (TPSA) is 39.2 Å². The predicted molar refractivity (Wildman–Crippen MR) is 50.2 cm³/mol. The molecule has 0 aliphatic rings. The van der Waals surface area contributed by atoms with Gasteiger partial charge in [0.2, 0.25) is 0 Å². The number of nitrogens with zero attached hydrogens (tertiary/aromatic N) is 1. The van der Waals surface area contributed by atoms with Crippen LogP contribution in [0.4, 0.5) is 0 Å². The van der Waals surface area contributed by atoms with Gasteiger partial charge < -0.3 is 4.74 Å². The number of aromatic nitrogens is 1. The van der Waals surface area contributed by atoms with Gasteiger partial charge in [-0.3, -0.25) is 4.79 Å². The van der Waals surface area contributed by atoms with E-state index in [2.05, 4.69) is 25.7 Å². The Morgan fingerprint density at radius 2 is 2.58 bits per heavy atom. The van der Waals surface area contributed by atoms with E-state index in [0.717, 1.165) is 8.79 Å². The molecule has 0 saturated heterocycles. The van der Waals surface area contributed by atoms with Crippen LogP contribution in [0.15, 0.2) is 10.1 Å². The SMILES string of the molecule is COC(=O)CCc1cnc(Br)s1. The molecule has 0 atom stereocenters. The third kappa shape index (κ3) is 2.91. The first kappa shape index (κ1) is 9.67. The molecular formula is C7H8BrNO2S. The fraction of sp³-hybridized carbons (Fsp3) is 0.429. The molecule has 0 spiro atoms. The first-order valence-corrected chi connectivity index (χ1v) is 5.00. The van der Waals surface area contributed by atoms with E-state index in [9.17, 15) is 4.79 Å². The fourth-order valence-corrected chi connectivity index (χ4v) is 2.08. The van der Waals surface area contributed by atoms with Crippen LogP contribution in [0.3, 0.4) is 0 Å². The van der Waals surface area contributed by atoms with E-state index in [1.807, 2.05) is 0 Å². The number of methoxy groups -OCH3 is 1. The molecule has 1 aromatic rings. The molecule has 66 valence electrons. The number of rotatable bonds is 3.